The number of benzene rings is 3. The lowest BCUT2D eigenvalue weighted by Crippen LogP contribution is -2.42. The van der Waals surface area contributed by atoms with E-state index in [4.69, 9.17) is 99.8 Å². The van der Waals surface area contributed by atoms with Gasteiger partial charge >= 0.3 is 40.9 Å². The SMILES string of the molecule is CCOC(=O)CBr.CCOC(=O)Cn1c(=O)[nH]c(=O)c2c1nc(Br)n2C.CCOC(=O)Cn1c(=O)n(Cc2ccc(Cl)c(Cl)c2)c(=O)c2c1nc(Br)n2C.CCOC(=O)Cn1c(=O)n(Cc2ccc(Cl)c(Cl)c2)c(=O)c2c1nc(NCCCO)n2C.Clc1ccc(CBr)cc1Cl.Cn1c(Br)nc2c1C(=O)NC(=O)C2.NCCCO. The Morgan fingerprint density at radius 1 is 0.518 bits per heavy atom. The Labute approximate surface area is 719 Å². The average molecular weight is 2030 g/mol. The highest BCUT2D eigenvalue weighted by Gasteiger charge is 2.29. The number of H-pyrrole nitrogens is 1. The molecule has 0 atom stereocenters. The molecular weight excluding hydrogens is 1960 g/mol. The Morgan fingerprint density at radius 2 is 0.921 bits per heavy atom. The highest BCUT2D eigenvalue weighted by atomic mass is 79.9. The molecule has 46 heteroatoms. The standard InChI is InChI=1S/C20H23Cl2N5O5.C17H15BrCl2N4O4.C10H11BrN4O4.C7H5BrCl2.C7H6BrN3O2.C4H7BrO2.C3H9NO/c1-3-32-15(29)11-26-17-16(25(2)19(24-17)23-7-4-8-28)18(30)27(20(26)31)10-12-5-6-13(21)14(22)9-12;1-3-28-12(25)8-23-14-13(22(2)16(18)21-14)15(26)24(17(23)27)7-9-4-5-10(19)11(20)6-9;1-3-19-5(16)4-15-7-6(8(17)13-10(15)18)14(2)9(11)12-7;8-4-5-1-2-6(9)7(10)3-5;1-11-5-3(9-7(11)8)2-4(12)10-6(5)13;1-2-7-4(6)3-5;4-2-1-3-5/h5-6,9,28H,3-4,7-8,10-11H2,1-2H3,(H,23,24);4-6H,3,7-8H2,1-2H3;3-4H2,1-2H3,(H,13,17,18);1-3H,4H2;2H2,1H3,(H,10,12,13);2-3H2,1H3;5H,1-4H2. The first-order chi connectivity index (χ1) is 54.0. The molecule has 8 heterocycles. The van der Waals surface area contributed by atoms with Crippen LogP contribution in [0.5, 0.6) is 0 Å². The van der Waals surface area contributed by atoms with Gasteiger partial charge in [-0.05, 0) is 148 Å². The minimum absolute atomic E-state index is 0.0129. The minimum Gasteiger partial charge on any atom is -0.465 e. The van der Waals surface area contributed by atoms with Gasteiger partial charge in [0.25, 0.3) is 22.6 Å². The van der Waals surface area contributed by atoms with E-state index in [1.807, 2.05) is 12.1 Å². The number of esters is 4. The number of aromatic nitrogens is 14. The fraction of sp³-hybridized carbons (Fsp3) is 0.382. The molecule has 0 spiro atoms. The second-order valence-corrected chi connectivity index (χ2v) is 28.8. The Hall–Kier alpha value is -7.84. The molecule has 1 aliphatic heterocycles. The molecule has 0 saturated heterocycles. The number of halogens is 11. The van der Waals surface area contributed by atoms with Gasteiger partial charge in [0.15, 0.2) is 47.7 Å². The lowest BCUT2D eigenvalue weighted by atomic mass is 10.1. The number of aliphatic hydroxyl groups excluding tert-OH is 2. The monoisotopic (exact) mass is 2020 g/mol. The van der Waals surface area contributed by atoms with Gasteiger partial charge in [0, 0.05) is 53.3 Å². The minimum atomic E-state index is -0.707. The second-order valence-electron chi connectivity index (χ2n) is 23.1. The summed E-state index contributed by atoms with van der Waals surface area (Å²) >= 11 is 51.3. The van der Waals surface area contributed by atoms with Crippen molar-refractivity contribution in [2.24, 2.45) is 33.9 Å². The van der Waals surface area contributed by atoms with Crippen LogP contribution in [-0.4, -0.2) is 170 Å². The predicted molar refractivity (Wildman–Crippen MR) is 448 cm³/mol. The van der Waals surface area contributed by atoms with Crippen LogP contribution < -0.4 is 50.1 Å². The summed E-state index contributed by atoms with van der Waals surface area (Å²) in [6.07, 6.45) is 1.36. The van der Waals surface area contributed by atoms with E-state index in [-0.39, 0.29) is 117 Å². The molecule has 0 radical (unpaired) electrons. The van der Waals surface area contributed by atoms with Gasteiger partial charge in [0.2, 0.25) is 11.9 Å². The van der Waals surface area contributed by atoms with Gasteiger partial charge in [-0.25, -0.2) is 29.3 Å². The van der Waals surface area contributed by atoms with Crippen LogP contribution in [0.25, 0.3) is 33.5 Å². The van der Waals surface area contributed by atoms with Crippen LogP contribution in [-0.2, 0) is 116 Å². The van der Waals surface area contributed by atoms with Crippen molar-refractivity contribution in [2.45, 2.75) is 85.0 Å². The molecule has 0 unspecified atom stereocenters. The number of hydrogen-bond donors (Lipinski definition) is 6. The molecule has 0 aliphatic carbocycles. The second kappa shape index (κ2) is 46.8. The zero-order valence-electron chi connectivity index (χ0n) is 61.9. The van der Waals surface area contributed by atoms with Gasteiger partial charge in [0.1, 0.15) is 30.7 Å². The molecule has 618 valence electrons. The summed E-state index contributed by atoms with van der Waals surface area (Å²) in [5.74, 6) is -2.37. The van der Waals surface area contributed by atoms with Gasteiger partial charge in [-0.2, -0.15) is 4.98 Å². The summed E-state index contributed by atoms with van der Waals surface area (Å²) in [5.41, 5.74) is 5.37. The molecule has 7 aromatic heterocycles. The molecule has 0 fully saturated rings. The molecule has 11 rings (SSSR count). The normalized spacial score (nSPS) is 11.2. The molecule has 3 aromatic carbocycles. The number of carbonyl (C=O) groups excluding carboxylic acids is 6. The molecule has 0 bridgehead atoms. The fourth-order valence-electron chi connectivity index (χ4n) is 9.94. The average Bonchev–Trinajstić information content (AvgIpc) is 1.57. The Bertz CT molecular complexity index is 5520. The third-order valence-electron chi connectivity index (χ3n) is 15.3. The van der Waals surface area contributed by atoms with Gasteiger partial charge in [-0.1, -0.05) is 120 Å². The summed E-state index contributed by atoms with van der Waals surface area (Å²) in [7, 11) is 6.59. The number of ether oxygens (including phenoxy) is 4. The van der Waals surface area contributed by atoms with Gasteiger partial charge < -0.3 is 58.5 Å². The van der Waals surface area contributed by atoms with Crippen LogP contribution in [0, 0.1) is 0 Å². The summed E-state index contributed by atoms with van der Waals surface area (Å²) in [6, 6.07) is 15.2. The number of imidazole rings is 4. The van der Waals surface area contributed by atoms with E-state index in [0.717, 1.165) is 40.1 Å². The lowest BCUT2D eigenvalue weighted by molar-refractivity contribution is -0.144. The number of amides is 2. The van der Waals surface area contributed by atoms with E-state index in [1.54, 1.807) is 103 Å². The van der Waals surface area contributed by atoms with Crippen LogP contribution in [0.2, 0.25) is 30.1 Å². The Kier molecular flexibility index (Phi) is 39.7. The maximum absolute atomic E-state index is 13.3. The van der Waals surface area contributed by atoms with Crippen molar-refractivity contribution in [3.63, 3.8) is 0 Å². The lowest BCUT2D eigenvalue weighted by Gasteiger charge is -2.12. The third kappa shape index (κ3) is 26.1. The predicted octanol–water partition coefficient (Wildman–Crippen LogP) is 8.09. The Balaban J connectivity index is 0.000000256. The molecule has 2 amide bonds. The number of aryl methyl sites for hydroxylation is 3. The largest absolute Gasteiger partial charge is 0.465 e. The highest BCUT2D eigenvalue weighted by molar-refractivity contribution is 9.11. The van der Waals surface area contributed by atoms with Crippen molar-refractivity contribution in [1.29, 1.82) is 0 Å². The first-order valence-corrected chi connectivity index (χ1v) is 40.6. The molecule has 1 aliphatic rings. The van der Waals surface area contributed by atoms with Crippen LogP contribution >= 0.6 is 149 Å². The fourth-order valence-corrected chi connectivity index (χ4v) is 12.5. The molecule has 114 heavy (non-hydrogen) atoms. The van der Waals surface area contributed by atoms with Gasteiger partial charge in [-0.3, -0.25) is 76.3 Å². The number of imide groups is 1. The van der Waals surface area contributed by atoms with Crippen molar-refractivity contribution < 1.29 is 57.9 Å². The van der Waals surface area contributed by atoms with Crippen LogP contribution in [0.15, 0.2) is 97.6 Å². The van der Waals surface area contributed by atoms with E-state index in [2.05, 4.69) is 120 Å². The van der Waals surface area contributed by atoms with Crippen molar-refractivity contribution in [3.8, 4) is 0 Å². The highest BCUT2D eigenvalue weighted by Crippen LogP contribution is 2.27. The first-order valence-electron chi connectivity index (χ1n) is 33.7. The number of nitrogens with zero attached hydrogens (tertiary/aromatic N) is 13. The number of hydrogen-bond acceptors (Lipinski definition) is 24. The van der Waals surface area contributed by atoms with E-state index in [1.165, 1.54) is 13.7 Å². The smallest absolute Gasteiger partial charge is 0.333 e. The first kappa shape index (κ1) is 96.7. The summed E-state index contributed by atoms with van der Waals surface area (Å²) in [5, 5.41) is 25.9. The van der Waals surface area contributed by atoms with E-state index in [9.17, 15) is 57.5 Å². The molecular formula is C68H76Br5Cl6N17O18. The number of aromatic amines is 1. The zero-order chi connectivity index (χ0) is 85.1. The maximum Gasteiger partial charge on any atom is 0.333 e. The van der Waals surface area contributed by atoms with Crippen LogP contribution in [0.1, 0.15) is 73.4 Å². The number of rotatable bonds is 22. The topological polar surface area (TPSA) is 444 Å². The zero-order valence-corrected chi connectivity index (χ0v) is 74.4. The maximum atomic E-state index is 13.3. The number of carbonyl (C=O) groups is 6. The van der Waals surface area contributed by atoms with Gasteiger partial charge in [-0.15, -0.1) is 0 Å². The summed E-state index contributed by atoms with van der Waals surface area (Å²) in [6.45, 7) is 7.78. The van der Waals surface area contributed by atoms with E-state index < -0.39 is 58.2 Å². The van der Waals surface area contributed by atoms with E-state index in [0.29, 0.717) is 104 Å². The molecule has 10 aromatic rings. The third-order valence-corrected chi connectivity index (χ3v) is 20.7. The number of anilines is 1. The van der Waals surface area contributed by atoms with Crippen LogP contribution in [0.3, 0.4) is 0 Å². The molecule has 0 saturated carbocycles. The number of nitrogens with one attached hydrogen (secondary N) is 3. The number of fused-ring (bicyclic) bond motifs is 4. The Morgan fingerprint density at radius 3 is 1.33 bits per heavy atom. The van der Waals surface area contributed by atoms with Crippen LogP contribution in [0.4, 0.5) is 5.95 Å². The number of nitrogens with two attached hydrogens (primary N) is 1. The van der Waals surface area contributed by atoms with Crippen molar-refractivity contribution in [1.82, 2.24) is 71.3 Å². The van der Waals surface area contributed by atoms with Crippen molar-refractivity contribution in [3.05, 3.63) is 190 Å². The summed E-state index contributed by atoms with van der Waals surface area (Å²) in [4.78, 5) is 163. The quantitative estimate of drug-likeness (QED) is 0.00931. The van der Waals surface area contributed by atoms with Crippen molar-refractivity contribution in [2.75, 3.05) is 63.4 Å². The number of aliphatic hydroxyl groups is 2. The summed E-state index contributed by atoms with van der Waals surface area (Å²) < 4.78 is 32.0. The molecule has 35 nitrogen and oxygen atoms in total. The van der Waals surface area contributed by atoms with Crippen molar-refractivity contribution >= 4 is 224 Å². The number of alkyl halides is 2. The van der Waals surface area contributed by atoms with Gasteiger partial charge in [0.05, 0.1) is 81.8 Å². The molecule has 7 N–H and O–H groups in total. The van der Waals surface area contributed by atoms with E-state index >= 15 is 0 Å².